The zero-order valence-corrected chi connectivity index (χ0v) is 12.1. The van der Waals surface area contributed by atoms with Crippen LogP contribution in [0.15, 0.2) is 23.1 Å². The van der Waals surface area contributed by atoms with Crippen molar-refractivity contribution in [2.75, 3.05) is 6.26 Å². The number of nitrogens with one attached hydrogen (secondary N) is 1. The number of hydrogen-bond donors (Lipinski definition) is 3. The fourth-order valence-electron chi connectivity index (χ4n) is 2.34. The third kappa shape index (κ3) is 2.33. The van der Waals surface area contributed by atoms with Crippen molar-refractivity contribution in [3.05, 3.63) is 34.1 Å². The predicted octanol–water partition coefficient (Wildman–Crippen LogP) is 1.76. The largest absolute Gasteiger partial charge is 0.504 e. The second-order valence-electron chi connectivity index (χ2n) is 5.00. The Morgan fingerprint density at radius 1 is 1.33 bits per heavy atom. The first kappa shape index (κ1) is 13.8. The first-order chi connectivity index (χ1) is 10.0. The Bertz CT molecular complexity index is 796. The second kappa shape index (κ2) is 5.00. The molecule has 2 aromatic rings. The maximum atomic E-state index is 12.4. The molecule has 1 heterocycles. The summed E-state index contributed by atoms with van der Waals surface area (Å²) in [5, 5.41) is 19.5. The molecule has 0 radical (unpaired) electrons. The summed E-state index contributed by atoms with van der Waals surface area (Å²) < 4.78 is 4.36. The number of aromatic nitrogens is 1. The van der Waals surface area contributed by atoms with Gasteiger partial charge in [0.25, 0.3) is 5.91 Å². The first-order valence-corrected chi connectivity index (χ1v) is 7.69. The molecule has 0 atom stereocenters. The van der Waals surface area contributed by atoms with Crippen LogP contribution >= 0.6 is 11.9 Å². The monoisotopic (exact) mass is 306 g/mol. The minimum Gasteiger partial charge on any atom is -0.504 e. The fourth-order valence-corrected chi connectivity index (χ4v) is 2.63. The molecule has 21 heavy (non-hydrogen) atoms. The van der Waals surface area contributed by atoms with Gasteiger partial charge in [-0.15, -0.1) is 0 Å². The van der Waals surface area contributed by atoms with E-state index < -0.39 is 11.3 Å². The van der Waals surface area contributed by atoms with E-state index in [1.807, 2.05) is 4.57 Å². The highest BCUT2D eigenvalue weighted by atomic mass is 32.2. The molecule has 0 bridgehead atoms. The molecule has 1 fully saturated rings. The highest BCUT2D eigenvalue weighted by Crippen LogP contribution is 2.38. The van der Waals surface area contributed by atoms with Crippen LogP contribution in [0.1, 0.15) is 29.2 Å². The lowest BCUT2D eigenvalue weighted by atomic mass is 10.1. The number of pyridine rings is 1. The molecule has 3 N–H and O–H groups in total. The van der Waals surface area contributed by atoms with Crippen molar-refractivity contribution < 1.29 is 15.0 Å². The molecule has 110 valence electrons. The van der Waals surface area contributed by atoms with Crippen LogP contribution in [0.2, 0.25) is 0 Å². The minimum absolute atomic E-state index is 0.0360. The van der Waals surface area contributed by atoms with Gasteiger partial charge in [-0.1, -0.05) is 11.9 Å². The molecular weight excluding hydrogens is 292 g/mol. The standard InChI is InChI=1S/C14H14N2O4S/c1-21-15-14(20)9-6-16(7-2-3-7)10-5-12(18)11(17)4-8(10)13(9)19/h4-7,17-18H,2-3H2,1H3,(H,15,20). The van der Waals surface area contributed by atoms with Crippen molar-refractivity contribution >= 4 is 28.8 Å². The SMILES string of the molecule is CSNC(=O)c1cn(C2CC2)c2cc(O)c(O)cc2c1=O. The van der Waals surface area contributed by atoms with E-state index in [-0.39, 0.29) is 28.5 Å². The summed E-state index contributed by atoms with van der Waals surface area (Å²) in [6.45, 7) is 0. The number of carbonyl (C=O) groups is 1. The van der Waals surface area contributed by atoms with Gasteiger partial charge in [-0.2, -0.15) is 0 Å². The van der Waals surface area contributed by atoms with Crippen LogP contribution < -0.4 is 10.2 Å². The quantitative estimate of drug-likeness (QED) is 0.593. The van der Waals surface area contributed by atoms with E-state index in [4.69, 9.17) is 0 Å². The van der Waals surface area contributed by atoms with Crippen LogP contribution in [0.3, 0.4) is 0 Å². The third-order valence-corrected chi connectivity index (χ3v) is 3.90. The fraction of sp³-hybridized carbons (Fsp3) is 0.286. The molecule has 0 spiro atoms. The average Bonchev–Trinajstić information content (AvgIpc) is 3.26. The van der Waals surface area contributed by atoms with Gasteiger partial charge < -0.3 is 14.8 Å². The maximum Gasteiger partial charge on any atom is 0.266 e. The van der Waals surface area contributed by atoms with Crippen molar-refractivity contribution in [1.29, 1.82) is 0 Å². The molecule has 0 unspecified atom stereocenters. The van der Waals surface area contributed by atoms with Crippen molar-refractivity contribution in [2.24, 2.45) is 0 Å². The molecule has 1 aromatic carbocycles. The predicted molar refractivity (Wildman–Crippen MR) is 80.8 cm³/mol. The summed E-state index contributed by atoms with van der Waals surface area (Å²) >= 11 is 1.12. The summed E-state index contributed by atoms with van der Waals surface area (Å²) in [4.78, 5) is 24.4. The Hall–Kier alpha value is -2.15. The topological polar surface area (TPSA) is 91.6 Å². The van der Waals surface area contributed by atoms with Gasteiger partial charge in [0.2, 0.25) is 5.43 Å². The van der Waals surface area contributed by atoms with E-state index in [0.29, 0.717) is 5.52 Å². The van der Waals surface area contributed by atoms with Gasteiger partial charge in [0.05, 0.1) is 10.9 Å². The molecule has 1 saturated carbocycles. The number of hydrogen-bond acceptors (Lipinski definition) is 5. The Morgan fingerprint density at radius 3 is 2.62 bits per heavy atom. The Labute approximate surface area is 124 Å². The van der Waals surface area contributed by atoms with E-state index in [0.717, 1.165) is 24.8 Å². The number of phenolic OH excluding ortho intramolecular Hbond substituents is 2. The third-order valence-electron chi connectivity index (χ3n) is 3.51. The number of carbonyl (C=O) groups excluding carboxylic acids is 1. The zero-order chi connectivity index (χ0) is 15.1. The number of benzene rings is 1. The van der Waals surface area contributed by atoms with Crippen LogP contribution in [0.5, 0.6) is 11.5 Å². The summed E-state index contributed by atoms with van der Waals surface area (Å²) in [6, 6.07) is 2.79. The van der Waals surface area contributed by atoms with Gasteiger partial charge in [-0.25, -0.2) is 0 Å². The van der Waals surface area contributed by atoms with Crippen molar-refractivity contribution in [3.8, 4) is 11.5 Å². The Kier molecular flexibility index (Phi) is 3.29. The van der Waals surface area contributed by atoms with Gasteiger partial charge >= 0.3 is 0 Å². The highest BCUT2D eigenvalue weighted by Gasteiger charge is 2.27. The number of phenols is 2. The van der Waals surface area contributed by atoms with Crippen molar-refractivity contribution in [2.45, 2.75) is 18.9 Å². The van der Waals surface area contributed by atoms with Gasteiger partial charge in [0, 0.05) is 24.6 Å². The van der Waals surface area contributed by atoms with E-state index in [1.54, 1.807) is 6.26 Å². The average molecular weight is 306 g/mol. The second-order valence-corrected chi connectivity index (χ2v) is 5.62. The lowest BCUT2D eigenvalue weighted by Crippen LogP contribution is -2.25. The van der Waals surface area contributed by atoms with Gasteiger partial charge in [0.1, 0.15) is 5.56 Å². The lowest BCUT2D eigenvalue weighted by Gasteiger charge is -2.13. The lowest BCUT2D eigenvalue weighted by molar-refractivity contribution is 0.0983. The van der Waals surface area contributed by atoms with Crippen molar-refractivity contribution in [3.63, 3.8) is 0 Å². The van der Waals surface area contributed by atoms with Crippen LogP contribution in [-0.4, -0.2) is 26.9 Å². The van der Waals surface area contributed by atoms with E-state index in [2.05, 4.69) is 4.72 Å². The van der Waals surface area contributed by atoms with Crippen LogP contribution in [0.25, 0.3) is 10.9 Å². The number of rotatable bonds is 3. The summed E-state index contributed by atoms with van der Waals surface area (Å²) in [5.41, 5.74) is 0.107. The zero-order valence-electron chi connectivity index (χ0n) is 11.3. The maximum absolute atomic E-state index is 12.4. The number of nitrogens with zero attached hydrogens (tertiary/aromatic N) is 1. The van der Waals surface area contributed by atoms with Gasteiger partial charge in [0.15, 0.2) is 11.5 Å². The van der Waals surface area contributed by atoms with E-state index >= 15 is 0 Å². The smallest absolute Gasteiger partial charge is 0.266 e. The van der Waals surface area contributed by atoms with Crippen LogP contribution in [0, 0.1) is 0 Å². The number of fused-ring (bicyclic) bond motifs is 1. The number of amides is 1. The van der Waals surface area contributed by atoms with Crippen LogP contribution in [0.4, 0.5) is 0 Å². The van der Waals surface area contributed by atoms with Crippen LogP contribution in [-0.2, 0) is 0 Å². The summed E-state index contributed by atoms with van der Waals surface area (Å²) in [5.74, 6) is -1.11. The first-order valence-electron chi connectivity index (χ1n) is 6.47. The normalized spacial score (nSPS) is 14.3. The van der Waals surface area contributed by atoms with E-state index in [9.17, 15) is 19.8 Å². The molecule has 1 aliphatic rings. The molecule has 6 nitrogen and oxygen atoms in total. The van der Waals surface area contributed by atoms with E-state index in [1.165, 1.54) is 18.3 Å². The molecule has 1 amide bonds. The molecule has 1 aromatic heterocycles. The van der Waals surface area contributed by atoms with Gasteiger partial charge in [-0.05, 0) is 18.9 Å². The number of aromatic hydroxyl groups is 2. The van der Waals surface area contributed by atoms with Gasteiger partial charge in [-0.3, -0.25) is 14.3 Å². The summed E-state index contributed by atoms with van der Waals surface area (Å²) in [6.07, 6.45) is 5.15. The Morgan fingerprint density at radius 2 is 2.00 bits per heavy atom. The highest BCUT2D eigenvalue weighted by molar-refractivity contribution is 7.97. The molecule has 3 rings (SSSR count). The van der Waals surface area contributed by atoms with Crippen molar-refractivity contribution in [1.82, 2.24) is 9.29 Å². The summed E-state index contributed by atoms with van der Waals surface area (Å²) in [7, 11) is 0. The molecule has 0 saturated heterocycles. The Balaban J connectivity index is 2.31. The minimum atomic E-state index is -0.462. The molecule has 7 heteroatoms. The molecule has 1 aliphatic carbocycles. The molecule has 0 aliphatic heterocycles. The molecular formula is C14H14N2O4S.